The van der Waals surface area contributed by atoms with Gasteiger partial charge in [-0.1, -0.05) is 51.1 Å². The Kier molecular flexibility index (Phi) is 4.89. The number of nitrogens with one attached hydrogen (secondary N) is 1. The molecule has 0 spiro atoms. The van der Waals surface area contributed by atoms with E-state index in [1.54, 1.807) is 0 Å². The molecule has 112 valence electrons. The molecule has 2 nitrogen and oxygen atoms in total. The standard InChI is InChI=1S/C17H20BrNOS/c1-11-10-13(21-15(11)18)16(20)19-14(17(2,3)4)12-8-6-5-7-9-12/h5-10,14H,1-4H3,(H,19,20). The highest BCUT2D eigenvalue weighted by atomic mass is 79.9. The fourth-order valence-electron chi connectivity index (χ4n) is 2.22. The molecule has 1 aromatic heterocycles. The van der Waals surface area contributed by atoms with Crippen molar-refractivity contribution < 1.29 is 4.79 Å². The Labute approximate surface area is 138 Å². The number of amides is 1. The van der Waals surface area contributed by atoms with Crippen molar-refractivity contribution in [2.24, 2.45) is 5.41 Å². The molecule has 2 aromatic rings. The molecule has 0 saturated heterocycles. The second kappa shape index (κ2) is 6.32. The number of rotatable bonds is 3. The van der Waals surface area contributed by atoms with Gasteiger partial charge < -0.3 is 5.32 Å². The first kappa shape index (κ1) is 16.2. The molecule has 0 saturated carbocycles. The van der Waals surface area contributed by atoms with Crippen molar-refractivity contribution in [2.75, 3.05) is 0 Å². The van der Waals surface area contributed by atoms with Gasteiger partial charge >= 0.3 is 0 Å². The van der Waals surface area contributed by atoms with Crippen LogP contribution in [0.25, 0.3) is 0 Å². The van der Waals surface area contributed by atoms with E-state index in [4.69, 9.17) is 0 Å². The average Bonchev–Trinajstić information content (AvgIpc) is 2.75. The molecule has 0 aliphatic carbocycles. The molecule has 0 bridgehead atoms. The molecule has 0 aliphatic heterocycles. The minimum atomic E-state index is -0.0550. The molecule has 21 heavy (non-hydrogen) atoms. The van der Waals surface area contributed by atoms with Crippen LogP contribution in [0.5, 0.6) is 0 Å². The van der Waals surface area contributed by atoms with E-state index in [2.05, 4.69) is 54.2 Å². The zero-order valence-corrected chi connectivity index (χ0v) is 15.1. The molecular formula is C17H20BrNOS. The largest absolute Gasteiger partial charge is 0.344 e. The highest BCUT2D eigenvalue weighted by Crippen LogP contribution is 2.34. The third-order valence-corrected chi connectivity index (χ3v) is 5.49. The number of hydrogen-bond acceptors (Lipinski definition) is 2. The van der Waals surface area contributed by atoms with Crippen molar-refractivity contribution in [2.45, 2.75) is 33.7 Å². The SMILES string of the molecule is Cc1cc(C(=O)NC(c2ccccc2)C(C)(C)C)sc1Br. The van der Waals surface area contributed by atoms with E-state index in [1.165, 1.54) is 11.3 Å². The minimum Gasteiger partial charge on any atom is -0.344 e. The summed E-state index contributed by atoms with van der Waals surface area (Å²) in [6.07, 6.45) is 0. The highest BCUT2D eigenvalue weighted by molar-refractivity contribution is 9.11. The number of aryl methyl sites for hydroxylation is 1. The fraction of sp³-hybridized carbons (Fsp3) is 0.353. The molecule has 2 rings (SSSR count). The smallest absolute Gasteiger partial charge is 0.261 e. The summed E-state index contributed by atoms with van der Waals surface area (Å²) < 4.78 is 1.01. The van der Waals surface area contributed by atoms with Gasteiger partial charge in [0.05, 0.1) is 14.7 Å². The van der Waals surface area contributed by atoms with Crippen LogP contribution < -0.4 is 5.32 Å². The fourth-order valence-corrected chi connectivity index (χ4v) is 3.66. The first-order valence-corrected chi connectivity index (χ1v) is 8.51. The Morgan fingerprint density at radius 3 is 2.33 bits per heavy atom. The van der Waals surface area contributed by atoms with Gasteiger partial charge in [-0.2, -0.15) is 0 Å². The van der Waals surface area contributed by atoms with Gasteiger partial charge in [-0.15, -0.1) is 11.3 Å². The van der Waals surface area contributed by atoms with E-state index in [9.17, 15) is 4.79 Å². The summed E-state index contributed by atoms with van der Waals surface area (Å²) in [7, 11) is 0. The molecule has 1 aromatic carbocycles. The predicted octanol–water partition coefficient (Wildman–Crippen LogP) is 5.34. The average molecular weight is 366 g/mol. The lowest BCUT2D eigenvalue weighted by Crippen LogP contribution is -2.36. The lowest BCUT2D eigenvalue weighted by atomic mass is 9.82. The molecule has 1 amide bonds. The van der Waals surface area contributed by atoms with Crippen molar-refractivity contribution in [3.05, 3.63) is 56.2 Å². The van der Waals surface area contributed by atoms with Crippen molar-refractivity contribution >= 4 is 33.2 Å². The predicted molar refractivity (Wildman–Crippen MR) is 92.9 cm³/mol. The Morgan fingerprint density at radius 1 is 1.24 bits per heavy atom. The number of thiophene rings is 1. The van der Waals surface area contributed by atoms with Crippen LogP contribution in [-0.2, 0) is 0 Å². The molecule has 1 N–H and O–H groups in total. The maximum Gasteiger partial charge on any atom is 0.261 e. The minimum absolute atomic E-state index is 0.0161. The van der Waals surface area contributed by atoms with Gasteiger partial charge in [0.15, 0.2) is 0 Å². The highest BCUT2D eigenvalue weighted by Gasteiger charge is 2.28. The molecule has 4 heteroatoms. The van der Waals surface area contributed by atoms with Gasteiger partial charge in [-0.25, -0.2) is 0 Å². The zero-order chi connectivity index (χ0) is 15.6. The second-order valence-electron chi connectivity index (χ2n) is 6.25. The molecule has 0 radical (unpaired) electrons. The van der Waals surface area contributed by atoms with E-state index >= 15 is 0 Å². The number of hydrogen-bond donors (Lipinski definition) is 1. The second-order valence-corrected chi connectivity index (χ2v) is 8.62. The third kappa shape index (κ3) is 3.95. The zero-order valence-electron chi connectivity index (χ0n) is 12.7. The van der Waals surface area contributed by atoms with E-state index in [-0.39, 0.29) is 17.4 Å². The van der Waals surface area contributed by atoms with Crippen LogP contribution in [-0.4, -0.2) is 5.91 Å². The summed E-state index contributed by atoms with van der Waals surface area (Å²) in [6.45, 7) is 8.41. The summed E-state index contributed by atoms with van der Waals surface area (Å²) in [5.41, 5.74) is 2.17. The Balaban J connectivity index is 2.26. The molecule has 1 heterocycles. The number of carbonyl (C=O) groups excluding carboxylic acids is 1. The van der Waals surface area contributed by atoms with Gasteiger partial charge in [-0.3, -0.25) is 4.79 Å². The van der Waals surface area contributed by atoms with Crippen LogP contribution in [0.15, 0.2) is 40.2 Å². The summed E-state index contributed by atoms with van der Waals surface area (Å²) in [6, 6.07) is 12.0. The van der Waals surface area contributed by atoms with Gasteiger partial charge in [0.2, 0.25) is 0 Å². The first-order chi connectivity index (χ1) is 9.79. The van der Waals surface area contributed by atoms with E-state index in [1.807, 2.05) is 31.2 Å². The van der Waals surface area contributed by atoms with Crippen LogP contribution in [0, 0.1) is 12.3 Å². The maximum atomic E-state index is 12.5. The molecule has 1 atom stereocenters. The molecular weight excluding hydrogens is 346 g/mol. The van der Waals surface area contributed by atoms with Crippen molar-refractivity contribution in [3.63, 3.8) is 0 Å². The lowest BCUT2D eigenvalue weighted by molar-refractivity contribution is 0.0906. The maximum absolute atomic E-state index is 12.5. The number of benzene rings is 1. The topological polar surface area (TPSA) is 29.1 Å². The summed E-state index contributed by atoms with van der Waals surface area (Å²) in [5, 5.41) is 3.18. The van der Waals surface area contributed by atoms with Crippen LogP contribution in [0.2, 0.25) is 0 Å². The van der Waals surface area contributed by atoms with Gasteiger partial charge in [-0.05, 0) is 45.5 Å². The van der Waals surface area contributed by atoms with Gasteiger partial charge in [0.25, 0.3) is 5.91 Å². The van der Waals surface area contributed by atoms with Crippen LogP contribution >= 0.6 is 27.3 Å². The first-order valence-electron chi connectivity index (χ1n) is 6.91. The number of halogens is 1. The van der Waals surface area contributed by atoms with E-state index < -0.39 is 0 Å². The van der Waals surface area contributed by atoms with Crippen molar-refractivity contribution in [1.82, 2.24) is 5.32 Å². The quantitative estimate of drug-likeness (QED) is 0.781. The van der Waals surface area contributed by atoms with Crippen LogP contribution in [0.3, 0.4) is 0 Å². The van der Waals surface area contributed by atoms with Crippen molar-refractivity contribution in [1.29, 1.82) is 0 Å². The van der Waals surface area contributed by atoms with E-state index in [0.717, 1.165) is 19.8 Å². The van der Waals surface area contributed by atoms with Crippen LogP contribution in [0.1, 0.15) is 47.6 Å². The molecule has 1 unspecified atom stereocenters. The van der Waals surface area contributed by atoms with E-state index in [0.29, 0.717) is 0 Å². The number of carbonyl (C=O) groups is 1. The summed E-state index contributed by atoms with van der Waals surface area (Å²) in [4.78, 5) is 13.3. The third-order valence-electron chi connectivity index (χ3n) is 3.36. The molecule has 0 fully saturated rings. The van der Waals surface area contributed by atoms with Gasteiger partial charge in [0.1, 0.15) is 0 Å². The monoisotopic (exact) mass is 365 g/mol. The van der Waals surface area contributed by atoms with Crippen LogP contribution in [0.4, 0.5) is 0 Å². The normalized spacial score (nSPS) is 13.0. The summed E-state index contributed by atoms with van der Waals surface area (Å²) >= 11 is 4.95. The van der Waals surface area contributed by atoms with Gasteiger partial charge in [0, 0.05) is 0 Å². The summed E-state index contributed by atoms with van der Waals surface area (Å²) in [5.74, 6) is -0.0161. The molecule has 0 aliphatic rings. The van der Waals surface area contributed by atoms with Crippen molar-refractivity contribution in [3.8, 4) is 0 Å². The Bertz CT molecular complexity index is 608. The Morgan fingerprint density at radius 2 is 1.86 bits per heavy atom. The Hall–Kier alpha value is -1.13. The lowest BCUT2D eigenvalue weighted by Gasteiger charge is -2.31.